The summed E-state index contributed by atoms with van der Waals surface area (Å²) >= 11 is 4.99. The van der Waals surface area contributed by atoms with E-state index in [9.17, 15) is 13.2 Å². The molecular weight excluding hydrogens is 298 g/mol. The highest BCUT2D eigenvalue weighted by Crippen LogP contribution is 2.15. The Bertz CT molecular complexity index is 596. The molecule has 1 aromatic rings. The number of thiocarbonyl (C=S) groups is 1. The number of rotatable bonds is 7. The fourth-order valence-corrected chi connectivity index (χ4v) is 3.36. The van der Waals surface area contributed by atoms with E-state index in [2.05, 4.69) is 4.72 Å². The second-order valence-electron chi connectivity index (χ2n) is 4.29. The molecule has 0 unspecified atom stereocenters. The van der Waals surface area contributed by atoms with Crippen molar-refractivity contribution >= 4 is 33.2 Å². The van der Waals surface area contributed by atoms with E-state index in [1.165, 1.54) is 24.3 Å². The Hall–Kier alpha value is -1.47. The first-order valence-corrected chi connectivity index (χ1v) is 8.15. The van der Waals surface area contributed by atoms with Gasteiger partial charge in [0.2, 0.25) is 0 Å². The van der Waals surface area contributed by atoms with Gasteiger partial charge in [0, 0.05) is 0 Å². The largest absolute Gasteiger partial charge is 0.478 e. The lowest BCUT2D eigenvalue weighted by molar-refractivity contribution is 0.0692. The second-order valence-corrected chi connectivity index (χ2v) is 6.43. The lowest BCUT2D eigenvalue weighted by Gasteiger charge is -2.10. The summed E-state index contributed by atoms with van der Waals surface area (Å²) in [6, 6.07) is 5.45. The van der Waals surface area contributed by atoms with Crippen LogP contribution in [0, 0.1) is 0 Å². The molecule has 0 aliphatic rings. The van der Waals surface area contributed by atoms with Crippen LogP contribution in [0.4, 0.5) is 0 Å². The molecule has 1 aromatic carbocycles. The Labute approximate surface area is 124 Å². The summed E-state index contributed by atoms with van der Waals surface area (Å²) in [7, 11) is -3.94. The van der Waals surface area contributed by atoms with E-state index in [4.69, 9.17) is 17.3 Å². The quantitative estimate of drug-likeness (QED) is 0.597. The maximum Gasteiger partial charge on any atom is 0.337 e. The molecule has 0 amide bonds. The lowest BCUT2D eigenvalue weighted by atomic mass is 10.2. The zero-order valence-electron chi connectivity index (χ0n) is 11.1. The zero-order valence-corrected chi connectivity index (χ0v) is 12.8. The molecule has 0 saturated heterocycles. The van der Waals surface area contributed by atoms with Crippen molar-refractivity contribution in [1.29, 1.82) is 0 Å². The summed E-state index contributed by atoms with van der Waals surface area (Å²) in [6.07, 6.45) is 3.25. The number of nitrogens with one attached hydrogen (secondary N) is 1. The van der Waals surface area contributed by atoms with Crippen LogP contribution in [0.1, 0.15) is 43.0 Å². The van der Waals surface area contributed by atoms with Gasteiger partial charge in [-0.05, 0) is 25.0 Å². The van der Waals surface area contributed by atoms with E-state index in [1.54, 1.807) is 0 Å². The fraction of sp³-hybridized carbons (Fsp3) is 0.385. The first-order valence-electron chi connectivity index (χ1n) is 6.26. The van der Waals surface area contributed by atoms with Crippen LogP contribution in [0.3, 0.4) is 0 Å². The number of benzene rings is 1. The summed E-state index contributed by atoms with van der Waals surface area (Å²) < 4.78 is 26.5. The molecule has 0 aliphatic carbocycles. The summed E-state index contributed by atoms with van der Waals surface area (Å²) in [5, 5.41) is 9.01. The molecule has 1 rings (SSSR count). The average Bonchev–Trinajstić information content (AvgIpc) is 2.38. The molecule has 2 N–H and O–H groups in total. The van der Waals surface area contributed by atoms with Crippen molar-refractivity contribution in [2.75, 3.05) is 0 Å². The number of carboxylic acids is 1. The van der Waals surface area contributed by atoms with Crippen molar-refractivity contribution < 1.29 is 18.3 Å². The molecule has 110 valence electrons. The topological polar surface area (TPSA) is 83.5 Å². The third-order valence-corrected chi connectivity index (χ3v) is 4.55. The van der Waals surface area contributed by atoms with Gasteiger partial charge in [0.05, 0.1) is 10.6 Å². The predicted molar refractivity (Wildman–Crippen MR) is 80.5 cm³/mol. The molecule has 5 nitrogen and oxygen atoms in total. The van der Waals surface area contributed by atoms with Gasteiger partial charge < -0.3 is 5.11 Å². The number of unbranched alkanes of at least 4 members (excludes halogenated alkanes) is 2. The fourth-order valence-electron chi connectivity index (χ4n) is 1.67. The Morgan fingerprint density at radius 1 is 1.30 bits per heavy atom. The van der Waals surface area contributed by atoms with Gasteiger partial charge >= 0.3 is 5.97 Å². The Morgan fingerprint density at radius 2 is 1.95 bits per heavy atom. The van der Waals surface area contributed by atoms with Crippen LogP contribution in [-0.4, -0.2) is 24.5 Å². The first kappa shape index (κ1) is 16.6. The number of hydrogen-bond donors (Lipinski definition) is 2. The molecule has 0 spiro atoms. The van der Waals surface area contributed by atoms with Gasteiger partial charge in [-0.1, -0.05) is 44.1 Å². The Balaban J connectivity index is 2.89. The second kappa shape index (κ2) is 7.35. The normalized spacial score (nSPS) is 11.1. The van der Waals surface area contributed by atoms with Gasteiger partial charge in [-0.3, -0.25) is 4.72 Å². The maximum absolute atomic E-state index is 12.1. The SMILES string of the molecule is CCCCCC(=S)NS(=O)(=O)c1ccccc1C(=O)O. The van der Waals surface area contributed by atoms with E-state index < -0.39 is 16.0 Å². The van der Waals surface area contributed by atoms with Crippen LogP contribution in [0.15, 0.2) is 29.2 Å². The molecule has 0 heterocycles. The van der Waals surface area contributed by atoms with Crippen LogP contribution in [0.25, 0.3) is 0 Å². The molecule has 0 atom stereocenters. The van der Waals surface area contributed by atoms with Crippen molar-refractivity contribution in [3.8, 4) is 0 Å². The Kier molecular flexibility index (Phi) is 6.09. The third-order valence-electron chi connectivity index (χ3n) is 2.66. The summed E-state index contributed by atoms with van der Waals surface area (Å²) in [5.74, 6) is -1.29. The summed E-state index contributed by atoms with van der Waals surface area (Å²) in [6.45, 7) is 2.04. The molecule has 7 heteroatoms. The molecule has 0 bridgehead atoms. The molecule has 0 saturated carbocycles. The molecule has 0 aliphatic heterocycles. The smallest absolute Gasteiger partial charge is 0.337 e. The van der Waals surface area contributed by atoms with Gasteiger partial charge in [0.1, 0.15) is 4.90 Å². The summed E-state index contributed by atoms with van der Waals surface area (Å²) in [4.78, 5) is 11.0. The number of hydrogen-bond acceptors (Lipinski definition) is 4. The van der Waals surface area contributed by atoms with Crippen molar-refractivity contribution in [2.45, 2.75) is 37.5 Å². The Morgan fingerprint density at radius 3 is 2.55 bits per heavy atom. The first-order chi connectivity index (χ1) is 9.38. The van der Waals surface area contributed by atoms with E-state index in [0.29, 0.717) is 6.42 Å². The van der Waals surface area contributed by atoms with Crippen molar-refractivity contribution in [3.05, 3.63) is 29.8 Å². The summed E-state index contributed by atoms with van der Waals surface area (Å²) in [5.41, 5.74) is -0.267. The van der Waals surface area contributed by atoms with Gasteiger partial charge in [0.15, 0.2) is 0 Å². The van der Waals surface area contributed by atoms with Crippen molar-refractivity contribution in [3.63, 3.8) is 0 Å². The van der Waals surface area contributed by atoms with Crippen LogP contribution in [-0.2, 0) is 10.0 Å². The van der Waals surface area contributed by atoms with Gasteiger partial charge in [-0.15, -0.1) is 0 Å². The minimum absolute atomic E-state index is 0.207. The lowest BCUT2D eigenvalue weighted by Crippen LogP contribution is -2.30. The van der Waals surface area contributed by atoms with Gasteiger partial charge in [-0.2, -0.15) is 0 Å². The van der Waals surface area contributed by atoms with E-state index in [0.717, 1.165) is 19.3 Å². The third kappa shape index (κ3) is 4.57. The average molecular weight is 315 g/mol. The maximum atomic E-state index is 12.1. The van der Waals surface area contributed by atoms with Gasteiger partial charge in [-0.25, -0.2) is 13.2 Å². The minimum atomic E-state index is -3.94. The highest BCUT2D eigenvalue weighted by molar-refractivity contribution is 7.92. The highest BCUT2D eigenvalue weighted by Gasteiger charge is 2.22. The molecular formula is C13H17NO4S2. The number of carboxylic acid groups (broad SMARTS) is 1. The zero-order chi connectivity index (χ0) is 15.2. The molecule has 0 aromatic heterocycles. The van der Waals surface area contributed by atoms with E-state index in [-0.39, 0.29) is 15.4 Å². The monoisotopic (exact) mass is 315 g/mol. The number of carbonyl (C=O) groups is 1. The van der Waals surface area contributed by atoms with Crippen LogP contribution in [0.5, 0.6) is 0 Å². The van der Waals surface area contributed by atoms with Crippen molar-refractivity contribution in [1.82, 2.24) is 4.72 Å². The van der Waals surface area contributed by atoms with Crippen LogP contribution >= 0.6 is 12.2 Å². The van der Waals surface area contributed by atoms with E-state index >= 15 is 0 Å². The van der Waals surface area contributed by atoms with Crippen molar-refractivity contribution in [2.24, 2.45) is 0 Å². The van der Waals surface area contributed by atoms with Crippen LogP contribution in [0.2, 0.25) is 0 Å². The molecule has 0 radical (unpaired) electrons. The standard InChI is InChI=1S/C13H17NO4S2/c1-2-3-4-9-12(19)14-20(17,18)11-8-6-5-7-10(11)13(15)16/h5-8H,2-4,9H2,1H3,(H,14,19)(H,15,16). The minimum Gasteiger partial charge on any atom is -0.478 e. The van der Waals surface area contributed by atoms with Gasteiger partial charge in [0.25, 0.3) is 10.0 Å². The molecule has 0 fully saturated rings. The van der Waals surface area contributed by atoms with Crippen LogP contribution < -0.4 is 4.72 Å². The highest BCUT2D eigenvalue weighted by atomic mass is 32.2. The van der Waals surface area contributed by atoms with E-state index in [1.807, 2.05) is 6.92 Å². The predicted octanol–water partition coefficient (Wildman–Crippen LogP) is 2.57. The number of aromatic carboxylic acids is 1. The number of sulfonamides is 1. The molecule has 20 heavy (non-hydrogen) atoms.